The lowest BCUT2D eigenvalue weighted by Crippen LogP contribution is -2.32. The van der Waals surface area contributed by atoms with Crippen molar-refractivity contribution in [3.05, 3.63) is 17.0 Å². The molecule has 0 saturated carbocycles. The second kappa shape index (κ2) is 6.46. The summed E-state index contributed by atoms with van der Waals surface area (Å²) < 4.78 is 26.4. The number of sulfonamides is 1. The van der Waals surface area contributed by atoms with E-state index < -0.39 is 10.0 Å². The van der Waals surface area contributed by atoms with Crippen molar-refractivity contribution in [1.29, 1.82) is 0 Å². The van der Waals surface area contributed by atoms with Gasteiger partial charge in [-0.3, -0.25) is 0 Å². The van der Waals surface area contributed by atoms with Crippen LogP contribution in [0.15, 0.2) is 15.7 Å². The summed E-state index contributed by atoms with van der Waals surface area (Å²) in [4.78, 5) is 2.02. The van der Waals surface area contributed by atoms with Gasteiger partial charge in [0.05, 0.1) is 6.61 Å². The number of aliphatic hydroxyl groups is 1. The van der Waals surface area contributed by atoms with Crippen LogP contribution in [-0.2, 0) is 16.6 Å². The fourth-order valence-corrected chi connectivity index (χ4v) is 3.44. The van der Waals surface area contributed by atoms with Crippen LogP contribution in [0.3, 0.4) is 0 Å². The Morgan fingerprint density at radius 1 is 1.53 bits per heavy atom. The highest BCUT2D eigenvalue weighted by Gasteiger charge is 2.15. The number of rotatable bonds is 7. The normalized spacial score (nSPS) is 12.2. The van der Waals surface area contributed by atoms with E-state index in [1.807, 2.05) is 18.9 Å². The van der Waals surface area contributed by atoms with Crippen LogP contribution >= 0.6 is 11.3 Å². The number of thiophene rings is 1. The molecule has 0 bridgehead atoms. The molecule has 1 rings (SSSR count). The number of hydrogen-bond acceptors (Lipinski definition) is 5. The Hall–Kier alpha value is -0.470. The Labute approximate surface area is 106 Å². The quantitative estimate of drug-likeness (QED) is 0.761. The Kier molecular flexibility index (Phi) is 5.54. The first-order chi connectivity index (χ1) is 7.99. The second-order valence-corrected chi connectivity index (χ2v) is 6.63. The molecule has 0 amide bonds. The van der Waals surface area contributed by atoms with Crippen LogP contribution in [0.5, 0.6) is 0 Å². The maximum absolute atomic E-state index is 11.8. The highest BCUT2D eigenvalue weighted by molar-refractivity contribution is 7.91. The van der Waals surface area contributed by atoms with Gasteiger partial charge in [-0.2, -0.15) is 0 Å². The van der Waals surface area contributed by atoms with E-state index in [1.54, 1.807) is 5.38 Å². The van der Waals surface area contributed by atoms with Crippen molar-refractivity contribution in [2.24, 2.45) is 0 Å². The van der Waals surface area contributed by atoms with Crippen LogP contribution in [-0.4, -0.2) is 45.1 Å². The van der Waals surface area contributed by atoms with Crippen molar-refractivity contribution in [2.75, 3.05) is 26.7 Å². The molecule has 0 aliphatic rings. The average Bonchev–Trinajstić information content (AvgIpc) is 2.77. The molecule has 0 aliphatic carbocycles. The van der Waals surface area contributed by atoms with Gasteiger partial charge in [0.15, 0.2) is 0 Å². The molecule has 0 aliphatic heterocycles. The number of hydrogen-bond donors (Lipinski definition) is 2. The lowest BCUT2D eigenvalue weighted by atomic mass is 10.4. The molecule has 0 aromatic carbocycles. The third-order valence-corrected chi connectivity index (χ3v) is 5.35. The zero-order valence-electron chi connectivity index (χ0n) is 10.0. The van der Waals surface area contributed by atoms with Gasteiger partial charge in [0.2, 0.25) is 10.0 Å². The predicted octanol–water partition coefficient (Wildman–Crippen LogP) is 0.470. The van der Waals surface area contributed by atoms with Gasteiger partial charge >= 0.3 is 0 Å². The second-order valence-electron chi connectivity index (χ2n) is 3.73. The smallest absolute Gasteiger partial charge is 0.250 e. The number of aliphatic hydroxyl groups excluding tert-OH is 1. The Bertz CT molecular complexity index is 442. The zero-order chi connectivity index (χ0) is 12.9. The molecule has 1 heterocycles. The maximum atomic E-state index is 11.8. The summed E-state index contributed by atoms with van der Waals surface area (Å²) in [5.74, 6) is 0. The maximum Gasteiger partial charge on any atom is 0.250 e. The molecule has 1 aromatic rings. The SMILES string of the molecule is CCN(C)CCNS(=O)(=O)c1cc(CO)cs1. The van der Waals surface area contributed by atoms with Gasteiger partial charge in [0.25, 0.3) is 0 Å². The summed E-state index contributed by atoms with van der Waals surface area (Å²) in [5, 5.41) is 10.5. The summed E-state index contributed by atoms with van der Waals surface area (Å²) in [6.07, 6.45) is 0. The average molecular weight is 278 g/mol. The number of likely N-dealkylation sites (N-methyl/N-ethyl adjacent to an activating group) is 1. The summed E-state index contributed by atoms with van der Waals surface area (Å²) in [6, 6.07) is 1.50. The van der Waals surface area contributed by atoms with Crippen molar-refractivity contribution in [2.45, 2.75) is 17.7 Å². The van der Waals surface area contributed by atoms with Crippen LogP contribution in [0.4, 0.5) is 0 Å². The van der Waals surface area contributed by atoms with Crippen LogP contribution in [0.2, 0.25) is 0 Å². The highest BCUT2D eigenvalue weighted by atomic mass is 32.2. The molecule has 0 saturated heterocycles. The van der Waals surface area contributed by atoms with Crippen molar-refractivity contribution < 1.29 is 13.5 Å². The zero-order valence-corrected chi connectivity index (χ0v) is 11.6. The Morgan fingerprint density at radius 3 is 2.76 bits per heavy atom. The molecule has 5 nitrogen and oxygen atoms in total. The monoisotopic (exact) mass is 278 g/mol. The van der Waals surface area contributed by atoms with Gasteiger partial charge in [0, 0.05) is 13.1 Å². The third-order valence-electron chi connectivity index (χ3n) is 2.40. The topological polar surface area (TPSA) is 69.6 Å². The molecular weight excluding hydrogens is 260 g/mol. The molecule has 0 atom stereocenters. The van der Waals surface area contributed by atoms with Crippen LogP contribution in [0, 0.1) is 0 Å². The molecule has 0 spiro atoms. The minimum Gasteiger partial charge on any atom is -0.392 e. The van der Waals surface area contributed by atoms with Crippen LogP contribution in [0.1, 0.15) is 12.5 Å². The largest absolute Gasteiger partial charge is 0.392 e. The lowest BCUT2D eigenvalue weighted by Gasteiger charge is -2.13. The first-order valence-corrected chi connectivity index (χ1v) is 7.72. The molecular formula is C10H18N2O3S2. The molecule has 1 aromatic heterocycles. The summed E-state index contributed by atoms with van der Waals surface area (Å²) in [6.45, 7) is 3.83. The first-order valence-electron chi connectivity index (χ1n) is 5.36. The van der Waals surface area contributed by atoms with E-state index in [-0.39, 0.29) is 10.8 Å². The fourth-order valence-electron chi connectivity index (χ4n) is 1.18. The Morgan fingerprint density at radius 2 is 2.24 bits per heavy atom. The minimum atomic E-state index is -3.42. The predicted molar refractivity (Wildman–Crippen MR) is 68.6 cm³/mol. The van der Waals surface area contributed by atoms with Gasteiger partial charge in [-0.05, 0) is 30.6 Å². The molecule has 7 heteroatoms. The van der Waals surface area contributed by atoms with Crippen molar-refractivity contribution in [3.63, 3.8) is 0 Å². The summed E-state index contributed by atoms with van der Waals surface area (Å²) in [5.41, 5.74) is 0.626. The minimum absolute atomic E-state index is 0.134. The number of nitrogens with zero attached hydrogens (tertiary/aromatic N) is 1. The first kappa shape index (κ1) is 14.6. The van der Waals surface area contributed by atoms with Gasteiger partial charge < -0.3 is 10.0 Å². The molecule has 98 valence electrons. The van der Waals surface area contributed by atoms with E-state index in [2.05, 4.69) is 4.72 Å². The molecule has 0 unspecified atom stereocenters. The van der Waals surface area contributed by atoms with E-state index >= 15 is 0 Å². The summed E-state index contributed by atoms with van der Waals surface area (Å²) in [7, 11) is -1.49. The van der Waals surface area contributed by atoms with Crippen LogP contribution < -0.4 is 4.72 Å². The van der Waals surface area contributed by atoms with Crippen molar-refractivity contribution in [1.82, 2.24) is 9.62 Å². The van der Waals surface area contributed by atoms with E-state index in [1.165, 1.54) is 6.07 Å². The van der Waals surface area contributed by atoms with E-state index in [4.69, 9.17) is 5.11 Å². The van der Waals surface area contributed by atoms with Gasteiger partial charge in [0.1, 0.15) is 4.21 Å². The fraction of sp³-hybridized carbons (Fsp3) is 0.600. The Balaban J connectivity index is 2.56. The van der Waals surface area contributed by atoms with Gasteiger partial charge in [-0.15, -0.1) is 11.3 Å². The molecule has 2 N–H and O–H groups in total. The van der Waals surface area contributed by atoms with E-state index in [0.29, 0.717) is 18.7 Å². The van der Waals surface area contributed by atoms with Crippen molar-refractivity contribution in [3.8, 4) is 0 Å². The highest BCUT2D eigenvalue weighted by Crippen LogP contribution is 2.19. The van der Waals surface area contributed by atoms with E-state index in [9.17, 15) is 8.42 Å². The molecule has 0 fully saturated rings. The summed E-state index contributed by atoms with van der Waals surface area (Å²) >= 11 is 1.12. The van der Waals surface area contributed by atoms with Crippen molar-refractivity contribution >= 4 is 21.4 Å². The van der Waals surface area contributed by atoms with Gasteiger partial charge in [-0.25, -0.2) is 13.1 Å². The molecule has 0 radical (unpaired) electrons. The number of nitrogens with one attached hydrogen (secondary N) is 1. The van der Waals surface area contributed by atoms with E-state index in [0.717, 1.165) is 17.9 Å². The van der Waals surface area contributed by atoms with Crippen LogP contribution in [0.25, 0.3) is 0 Å². The lowest BCUT2D eigenvalue weighted by molar-refractivity contribution is 0.282. The third kappa shape index (κ3) is 4.36. The van der Waals surface area contributed by atoms with Gasteiger partial charge in [-0.1, -0.05) is 6.92 Å². The standard InChI is InChI=1S/C10H18N2O3S2/c1-3-12(2)5-4-11-17(14,15)10-6-9(7-13)8-16-10/h6,8,11,13H,3-5,7H2,1-2H3. The molecule has 17 heavy (non-hydrogen) atoms.